The van der Waals surface area contributed by atoms with E-state index in [0.29, 0.717) is 19.3 Å². The van der Waals surface area contributed by atoms with Crippen LogP contribution < -0.4 is 15.1 Å². The van der Waals surface area contributed by atoms with Crippen LogP contribution in [0.3, 0.4) is 0 Å². The lowest BCUT2D eigenvalue weighted by Gasteiger charge is -2.43. The molecule has 2 amide bonds. The molecule has 0 radical (unpaired) electrons. The Bertz CT molecular complexity index is 1340. The summed E-state index contributed by atoms with van der Waals surface area (Å²) in [5.41, 5.74) is -2.11. The number of rotatable bonds is 3. The molecule has 30 heavy (non-hydrogen) atoms. The minimum absolute atomic E-state index is 0.139. The van der Waals surface area contributed by atoms with Gasteiger partial charge in [-0.3, -0.25) is 14.5 Å². The van der Waals surface area contributed by atoms with Crippen molar-refractivity contribution < 1.29 is 19.5 Å². The third kappa shape index (κ3) is 2.75. The number of hydrogen-bond donors (Lipinski definition) is 1. The molecule has 1 N–H and O–H groups in total. The molecule has 2 aliphatic rings. The normalized spacial score (nSPS) is 19.0. The maximum absolute atomic E-state index is 15.0. The lowest BCUT2D eigenvalue weighted by molar-refractivity contribution is -0.123. The van der Waals surface area contributed by atoms with Crippen molar-refractivity contribution >= 4 is 46.3 Å². The van der Waals surface area contributed by atoms with Crippen molar-refractivity contribution in [3.05, 3.63) is 58.7 Å². The van der Waals surface area contributed by atoms with Crippen LogP contribution in [0.15, 0.2) is 30.4 Å². The van der Waals surface area contributed by atoms with Crippen molar-refractivity contribution in [3.63, 3.8) is 0 Å². The van der Waals surface area contributed by atoms with Gasteiger partial charge in [-0.25, -0.2) is 4.39 Å². The highest BCUT2D eigenvalue weighted by Gasteiger charge is 2.59. The number of halogens is 1. The summed E-state index contributed by atoms with van der Waals surface area (Å²) in [6.07, 6.45) is 0.737. The van der Waals surface area contributed by atoms with E-state index in [4.69, 9.17) is 24.3 Å². The Morgan fingerprint density at radius 3 is 2.77 bits per heavy atom. The molecule has 1 aromatic carbocycles. The third-order valence-electron chi connectivity index (χ3n) is 5.34. The Hall–Kier alpha value is -3.38. The first-order valence-corrected chi connectivity index (χ1v) is 9.48. The van der Waals surface area contributed by atoms with Gasteiger partial charge in [-0.2, -0.15) is 0 Å². The van der Waals surface area contributed by atoms with E-state index in [9.17, 15) is 9.59 Å². The molecule has 4 rings (SSSR count). The zero-order chi connectivity index (χ0) is 25.1. The Labute approximate surface area is 183 Å². The minimum atomic E-state index is -1.31. The van der Waals surface area contributed by atoms with Crippen LogP contribution in [0.25, 0.3) is 4.85 Å². The van der Waals surface area contributed by atoms with Crippen molar-refractivity contribution in [2.45, 2.75) is 31.7 Å². The summed E-state index contributed by atoms with van der Waals surface area (Å²) in [5, 5.41) is 2.03. The van der Waals surface area contributed by atoms with Gasteiger partial charge in [0.2, 0.25) is 0 Å². The number of nitrogens with one attached hydrogen (secondary N) is 1. The molecule has 0 unspecified atom stereocenters. The van der Waals surface area contributed by atoms with Crippen LogP contribution in [0, 0.1) is 19.3 Å². The number of aromatic nitrogens is 1. The molecular formula is C21H18FN5O2S. The first-order chi connectivity index (χ1) is 16.0. The number of carbonyl (C=O) groups is 2. The SMILES string of the molecule is [2H]c1cc(C(=O)NC)c(F)c([2H])c1N1C(=S)N(c2c([2H])nc([N+]#[C-])c(C)c2[2H])C(=O)C12CCC2. The molecule has 0 atom stereocenters. The fourth-order valence-corrected chi connectivity index (χ4v) is 4.07. The van der Waals surface area contributed by atoms with Crippen LogP contribution >= 0.6 is 12.2 Å². The molecular weight excluding hydrogens is 405 g/mol. The Morgan fingerprint density at radius 1 is 1.43 bits per heavy atom. The maximum Gasteiger partial charge on any atom is 0.272 e. The summed E-state index contributed by atoms with van der Waals surface area (Å²) in [7, 11) is 1.30. The average Bonchev–Trinajstić information content (AvgIpc) is 3.00. The van der Waals surface area contributed by atoms with Crippen LogP contribution in [0.1, 0.15) is 40.7 Å². The molecule has 1 aromatic heterocycles. The van der Waals surface area contributed by atoms with Crippen LogP contribution in [0.2, 0.25) is 0 Å². The predicted molar refractivity (Wildman–Crippen MR) is 114 cm³/mol. The lowest BCUT2D eigenvalue weighted by atomic mass is 9.75. The Kier molecular flexibility index (Phi) is 3.68. The molecule has 1 saturated carbocycles. The summed E-state index contributed by atoms with van der Waals surface area (Å²) in [4.78, 5) is 35.0. The number of carbonyl (C=O) groups excluding carboxylic acids is 2. The van der Waals surface area contributed by atoms with Gasteiger partial charge in [0, 0.05) is 12.7 Å². The molecule has 0 bridgehead atoms. The first kappa shape index (κ1) is 15.5. The van der Waals surface area contributed by atoms with E-state index in [1.807, 2.05) is 0 Å². The van der Waals surface area contributed by atoms with Crippen LogP contribution in [-0.4, -0.2) is 34.5 Å². The zero-order valence-electron chi connectivity index (χ0n) is 20.1. The van der Waals surface area contributed by atoms with Gasteiger partial charge in [-0.05, 0) is 68.2 Å². The van der Waals surface area contributed by atoms with E-state index >= 15 is 4.39 Å². The van der Waals surface area contributed by atoms with Crippen molar-refractivity contribution in [1.29, 1.82) is 0 Å². The topological polar surface area (TPSA) is 69.9 Å². The van der Waals surface area contributed by atoms with Gasteiger partial charge in [0.15, 0.2) is 5.11 Å². The van der Waals surface area contributed by atoms with Crippen molar-refractivity contribution in [3.8, 4) is 0 Å². The summed E-state index contributed by atoms with van der Waals surface area (Å²) in [6.45, 7) is 8.66. The molecule has 152 valence electrons. The van der Waals surface area contributed by atoms with E-state index in [-0.39, 0.29) is 40.0 Å². The number of amides is 2. The molecule has 1 aliphatic heterocycles. The van der Waals surface area contributed by atoms with Crippen molar-refractivity contribution in [2.24, 2.45) is 0 Å². The smallest absolute Gasteiger partial charge is 0.272 e. The third-order valence-corrected chi connectivity index (χ3v) is 5.71. The van der Waals surface area contributed by atoms with Crippen molar-refractivity contribution in [2.75, 3.05) is 16.8 Å². The highest BCUT2D eigenvalue weighted by atomic mass is 32.1. The molecule has 1 aliphatic carbocycles. The van der Waals surface area contributed by atoms with E-state index in [1.165, 1.54) is 18.9 Å². The minimum Gasteiger partial charge on any atom is -0.360 e. The van der Waals surface area contributed by atoms with Gasteiger partial charge in [0.1, 0.15) is 18.9 Å². The second-order valence-electron chi connectivity index (χ2n) is 6.97. The lowest BCUT2D eigenvalue weighted by Crippen LogP contribution is -2.55. The monoisotopic (exact) mass is 427 g/mol. The quantitative estimate of drug-likeness (QED) is 0.600. The average molecular weight is 427 g/mol. The summed E-state index contributed by atoms with van der Waals surface area (Å²) < 4.78 is 48.5. The standard InChI is InChI=1S/C21H18FN5O2S/c1-12-9-14(11-25-17(12)23-2)26-19(29)21(7-4-8-21)27(20(26)30)13-5-6-15(16(22)10-13)18(28)24-3/h5-6,9-11H,4,7-8H2,1,3H3,(H,24,28)/i5D,9D,10D,11D. The number of thiocarbonyl (C=S) groups is 1. The fraction of sp³-hybridized carbons (Fsp3) is 0.286. The van der Waals surface area contributed by atoms with E-state index in [1.54, 1.807) is 0 Å². The van der Waals surface area contributed by atoms with Gasteiger partial charge in [0.05, 0.1) is 15.4 Å². The summed E-state index contributed by atoms with van der Waals surface area (Å²) in [5.74, 6) is -2.67. The number of nitrogens with zero attached hydrogens (tertiary/aromatic N) is 4. The maximum atomic E-state index is 15.0. The molecule has 1 saturated heterocycles. The predicted octanol–water partition coefficient (Wildman–Crippen LogP) is 3.50. The highest BCUT2D eigenvalue weighted by Crippen LogP contribution is 2.48. The molecule has 1 spiro atoms. The molecule has 2 fully saturated rings. The number of hydrogen-bond acceptors (Lipinski definition) is 4. The second kappa shape index (κ2) is 7.15. The van der Waals surface area contributed by atoms with Gasteiger partial charge in [0.25, 0.3) is 17.6 Å². The molecule has 9 heteroatoms. The van der Waals surface area contributed by atoms with Crippen LogP contribution in [0.5, 0.6) is 0 Å². The first-order valence-electron chi connectivity index (χ1n) is 11.1. The van der Waals surface area contributed by atoms with Crippen molar-refractivity contribution in [1.82, 2.24) is 10.3 Å². The largest absolute Gasteiger partial charge is 0.360 e. The number of anilines is 2. The summed E-state index contributed by atoms with van der Waals surface area (Å²) in [6, 6.07) is -0.421. The van der Waals surface area contributed by atoms with Gasteiger partial charge in [-0.1, -0.05) is 6.57 Å². The van der Waals surface area contributed by atoms with Gasteiger partial charge < -0.3 is 15.1 Å². The molecule has 7 nitrogen and oxygen atoms in total. The van der Waals surface area contributed by atoms with Gasteiger partial charge >= 0.3 is 0 Å². The number of pyridine rings is 1. The highest BCUT2D eigenvalue weighted by molar-refractivity contribution is 7.81. The van der Waals surface area contributed by atoms with Crippen LogP contribution in [-0.2, 0) is 4.79 Å². The van der Waals surface area contributed by atoms with E-state index < -0.39 is 40.9 Å². The Balaban J connectivity index is 1.93. The number of benzene rings is 1. The molecule has 2 heterocycles. The van der Waals surface area contributed by atoms with Crippen LogP contribution in [0.4, 0.5) is 21.6 Å². The second-order valence-corrected chi connectivity index (χ2v) is 7.34. The van der Waals surface area contributed by atoms with Gasteiger partial charge in [-0.15, -0.1) is 4.98 Å². The zero-order valence-corrected chi connectivity index (χ0v) is 16.9. The Morgan fingerprint density at radius 2 is 2.17 bits per heavy atom. The molecule has 2 aromatic rings. The van der Waals surface area contributed by atoms with E-state index in [0.717, 1.165) is 11.0 Å². The summed E-state index contributed by atoms with van der Waals surface area (Å²) >= 11 is 5.55. The van der Waals surface area contributed by atoms with E-state index in [2.05, 4.69) is 15.1 Å². The fourth-order valence-electron chi connectivity index (χ4n) is 3.63.